The molecule has 5 nitrogen and oxygen atoms in total. The van der Waals surface area contributed by atoms with Crippen molar-refractivity contribution in [3.05, 3.63) is 35.4 Å². The van der Waals surface area contributed by atoms with Crippen LogP contribution in [0.25, 0.3) is 0 Å². The quantitative estimate of drug-likeness (QED) is 0.243. The smallest absolute Gasteiger partial charge is 0.193 e. The van der Waals surface area contributed by atoms with Gasteiger partial charge >= 0.3 is 0 Å². The molecule has 1 saturated carbocycles. The van der Waals surface area contributed by atoms with Gasteiger partial charge in [0.15, 0.2) is 5.96 Å². The van der Waals surface area contributed by atoms with Crippen LogP contribution in [0.5, 0.6) is 0 Å². The van der Waals surface area contributed by atoms with E-state index >= 15 is 0 Å². The Bertz CT molecular complexity index is 530. The second-order valence-electron chi connectivity index (χ2n) is 7.02. The van der Waals surface area contributed by atoms with Gasteiger partial charge in [0.25, 0.3) is 0 Å². The molecule has 1 aromatic rings. The lowest BCUT2D eigenvalue weighted by atomic mass is 10.1. The van der Waals surface area contributed by atoms with Crippen molar-refractivity contribution in [1.29, 1.82) is 0 Å². The van der Waals surface area contributed by atoms with Crippen LogP contribution in [-0.4, -0.2) is 50.8 Å². The fourth-order valence-corrected chi connectivity index (χ4v) is 2.42. The Labute approximate surface area is 175 Å². The zero-order chi connectivity index (χ0) is 18.1. The van der Waals surface area contributed by atoms with E-state index < -0.39 is 0 Å². The number of ether oxygens (including phenoxy) is 2. The third-order valence-electron chi connectivity index (χ3n) is 4.25. The maximum atomic E-state index is 5.70. The molecule has 148 valence electrons. The van der Waals surface area contributed by atoms with Crippen molar-refractivity contribution in [2.45, 2.75) is 45.9 Å². The van der Waals surface area contributed by atoms with E-state index in [1.54, 1.807) is 0 Å². The second-order valence-corrected chi connectivity index (χ2v) is 7.02. The van der Waals surface area contributed by atoms with Crippen LogP contribution >= 0.6 is 24.0 Å². The van der Waals surface area contributed by atoms with E-state index in [2.05, 4.69) is 53.3 Å². The molecule has 0 radical (unpaired) electrons. The number of benzene rings is 1. The summed E-state index contributed by atoms with van der Waals surface area (Å²) in [6, 6.07) is 8.52. The first-order chi connectivity index (χ1) is 12.1. The van der Waals surface area contributed by atoms with Crippen molar-refractivity contribution in [2.24, 2.45) is 10.9 Å². The average Bonchev–Trinajstić information content (AvgIpc) is 3.43. The number of halogens is 1. The minimum atomic E-state index is 0. The number of guanidine groups is 1. The molecular formula is C20H34IN3O2. The van der Waals surface area contributed by atoms with Crippen molar-refractivity contribution in [1.82, 2.24) is 10.2 Å². The van der Waals surface area contributed by atoms with E-state index in [0.29, 0.717) is 6.61 Å². The molecule has 1 aliphatic rings. The van der Waals surface area contributed by atoms with Crippen molar-refractivity contribution in [2.75, 3.05) is 33.9 Å². The highest BCUT2D eigenvalue weighted by molar-refractivity contribution is 14.0. The van der Waals surface area contributed by atoms with Crippen LogP contribution < -0.4 is 5.32 Å². The summed E-state index contributed by atoms with van der Waals surface area (Å²) in [5, 5.41) is 3.41. The first kappa shape index (κ1) is 23.2. The van der Waals surface area contributed by atoms with Crippen LogP contribution in [0.15, 0.2) is 29.3 Å². The van der Waals surface area contributed by atoms with Gasteiger partial charge in [0.05, 0.1) is 19.3 Å². The Morgan fingerprint density at radius 2 is 1.88 bits per heavy atom. The normalized spacial score (nSPS) is 14.3. The zero-order valence-corrected chi connectivity index (χ0v) is 18.9. The van der Waals surface area contributed by atoms with Gasteiger partial charge in [-0.05, 0) is 43.7 Å². The minimum absolute atomic E-state index is 0. The largest absolute Gasteiger partial charge is 0.379 e. The molecule has 0 amide bonds. The zero-order valence-electron chi connectivity index (χ0n) is 16.5. The van der Waals surface area contributed by atoms with Crippen LogP contribution in [0.1, 0.15) is 37.8 Å². The summed E-state index contributed by atoms with van der Waals surface area (Å²) in [5.74, 6) is 1.71. The number of nitrogens with one attached hydrogen (secondary N) is 1. The third-order valence-corrected chi connectivity index (χ3v) is 4.25. The van der Waals surface area contributed by atoms with Crippen LogP contribution in [0.2, 0.25) is 0 Å². The second kappa shape index (κ2) is 12.5. The highest BCUT2D eigenvalue weighted by atomic mass is 127. The molecule has 6 heteroatoms. The molecule has 2 rings (SSSR count). The molecule has 0 bridgehead atoms. The first-order valence-electron chi connectivity index (χ1n) is 9.27. The summed E-state index contributed by atoms with van der Waals surface area (Å²) in [4.78, 5) is 6.46. The van der Waals surface area contributed by atoms with Crippen LogP contribution in [-0.2, 0) is 22.6 Å². The maximum Gasteiger partial charge on any atom is 0.193 e. The van der Waals surface area contributed by atoms with E-state index in [1.807, 2.05) is 14.1 Å². The lowest BCUT2D eigenvalue weighted by Gasteiger charge is -2.22. The third kappa shape index (κ3) is 9.19. The predicted octanol–water partition coefficient (Wildman–Crippen LogP) is 3.66. The summed E-state index contributed by atoms with van der Waals surface area (Å²) >= 11 is 0. The molecule has 0 heterocycles. The van der Waals surface area contributed by atoms with Gasteiger partial charge in [-0.25, -0.2) is 0 Å². The summed E-state index contributed by atoms with van der Waals surface area (Å²) in [5.41, 5.74) is 2.43. The van der Waals surface area contributed by atoms with Crippen LogP contribution in [0.4, 0.5) is 0 Å². The number of nitrogens with zero attached hydrogens (tertiary/aromatic N) is 2. The summed E-state index contributed by atoms with van der Waals surface area (Å²) in [6.07, 6.45) is 2.93. The van der Waals surface area contributed by atoms with E-state index in [4.69, 9.17) is 9.47 Å². The molecular weight excluding hydrogens is 441 g/mol. The van der Waals surface area contributed by atoms with Crippen molar-refractivity contribution in [3.63, 3.8) is 0 Å². The molecule has 1 N–H and O–H groups in total. The van der Waals surface area contributed by atoms with Gasteiger partial charge < -0.3 is 19.7 Å². The molecule has 0 aliphatic heterocycles. The molecule has 26 heavy (non-hydrogen) atoms. The van der Waals surface area contributed by atoms with Gasteiger partial charge in [-0.2, -0.15) is 0 Å². The molecule has 0 spiro atoms. The molecule has 0 saturated heterocycles. The topological polar surface area (TPSA) is 46.1 Å². The monoisotopic (exact) mass is 475 g/mol. The Morgan fingerprint density at radius 1 is 1.23 bits per heavy atom. The van der Waals surface area contributed by atoms with Crippen LogP contribution in [0, 0.1) is 5.92 Å². The fraction of sp³-hybridized carbons (Fsp3) is 0.650. The molecule has 1 fully saturated rings. The number of hydrogen-bond donors (Lipinski definition) is 1. The molecule has 0 atom stereocenters. The predicted molar refractivity (Wildman–Crippen MR) is 118 cm³/mol. The van der Waals surface area contributed by atoms with E-state index in [9.17, 15) is 0 Å². The minimum Gasteiger partial charge on any atom is -0.379 e. The van der Waals surface area contributed by atoms with Gasteiger partial charge in [-0.1, -0.05) is 24.3 Å². The summed E-state index contributed by atoms with van der Waals surface area (Å²) < 4.78 is 11.3. The number of likely N-dealkylation sites (N-methyl/N-ethyl adjacent to an activating group) is 1. The Kier molecular flexibility index (Phi) is 11.2. The number of aliphatic imine (C=N–C) groups is 1. The van der Waals surface area contributed by atoms with Crippen molar-refractivity contribution < 1.29 is 9.47 Å². The van der Waals surface area contributed by atoms with Gasteiger partial charge in [0.1, 0.15) is 0 Å². The molecule has 0 aromatic heterocycles. The SMILES string of the molecule is CN=C(NCc1ccc(COC(C)C)cc1)N(C)CCOCC1CC1.I. The van der Waals surface area contributed by atoms with Gasteiger partial charge in [-0.15, -0.1) is 24.0 Å². The van der Waals surface area contributed by atoms with Gasteiger partial charge in [-0.3, -0.25) is 4.99 Å². The van der Waals surface area contributed by atoms with E-state index in [0.717, 1.165) is 38.2 Å². The highest BCUT2D eigenvalue weighted by Gasteiger charge is 2.21. The highest BCUT2D eigenvalue weighted by Crippen LogP contribution is 2.28. The summed E-state index contributed by atoms with van der Waals surface area (Å²) in [7, 11) is 3.86. The molecule has 1 aromatic carbocycles. The summed E-state index contributed by atoms with van der Waals surface area (Å²) in [6.45, 7) is 8.03. The van der Waals surface area contributed by atoms with Gasteiger partial charge in [0, 0.05) is 33.8 Å². The molecule has 1 aliphatic carbocycles. The number of rotatable bonds is 10. The lowest BCUT2D eigenvalue weighted by molar-refractivity contribution is 0.0657. The van der Waals surface area contributed by atoms with Crippen molar-refractivity contribution >= 4 is 29.9 Å². The van der Waals surface area contributed by atoms with E-state index in [-0.39, 0.29) is 30.1 Å². The fourth-order valence-electron chi connectivity index (χ4n) is 2.42. The lowest BCUT2D eigenvalue weighted by Crippen LogP contribution is -2.40. The molecule has 0 unspecified atom stereocenters. The van der Waals surface area contributed by atoms with Crippen LogP contribution in [0.3, 0.4) is 0 Å². The van der Waals surface area contributed by atoms with E-state index in [1.165, 1.54) is 24.0 Å². The average molecular weight is 475 g/mol. The van der Waals surface area contributed by atoms with Gasteiger partial charge in [0.2, 0.25) is 0 Å². The Hall–Kier alpha value is -0.860. The standard InChI is InChI=1S/C20H33N3O2.HI/c1-16(2)25-15-19-7-5-17(6-8-19)13-22-20(21-3)23(4)11-12-24-14-18-9-10-18;/h5-8,16,18H,9-15H2,1-4H3,(H,21,22);1H. The van der Waals surface area contributed by atoms with Crippen molar-refractivity contribution in [3.8, 4) is 0 Å². The Morgan fingerprint density at radius 3 is 2.46 bits per heavy atom. The maximum absolute atomic E-state index is 5.70. The first-order valence-corrected chi connectivity index (χ1v) is 9.27. The number of hydrogen-bond acceptors (Lipinski definition) is 3. The Balaban J connectivity index is 0.00000338.